The van der Waals surface area contributed by atoms with Crippen LogP contribution >= 0.6 is 0 Å². The average molecular weight is 286 g/mol. The van der Waals surface area contributed by atoms with Crippen LogP contribution in [0.25, 0.3) is 0 Å². The molecule has 0 spiro atoms. The maximum atomic E-state index is 12.5. The highest BCUT2D eigenvalue weighted by Gasteiger charge is 2.31. The Morgan fingerprint density at radius 1 is 1.42 bits per heavy atom. The minimum absolute atomic E-state index is 0.0400. The SMILES string of the molecule is CCc1ncc(S(=O)(=O)N(C)C2CCC(N)CC2)[nH]1. The topological polar surface area (TPSA) is 92.1 Å². The van der Waals surface area contributed by atoms with E-state index in [-0.39, 0.29) is 17.1 Å². The summed E-state index contributed by atoms with van der Waals surface area (Å²) in [6.07, 6.45) is 5.51. The van der Waals surface area contributed by atoms with E-state index in [4.69, 9.17) is 5.73 Å². The molecule has 1 heterocycles. The Morgan fingerprint density at radius 2 is 2.05 bits per heavy atom. The summed E-state index contributed by atoms with van der Waals surface area (Å²) in [5.41, 5.74) is 5.85. The molecule has 19 heavy (non-hydrogen) atoms. The minimum atomic E-state index is -3.47. The first kappa shape index (κ1) is 14.5. The van der Waals surface area contributed by atoms with Crippen molar-refractivity contribution >= 4 is 10.0 Å². The van der Waals surface area contributed by atoms with Gasteiger partial charge >= 0.3 is 0 Å². The predicted octanol–water partition coefficient (Wildman–Crippen LogP) is 0.863. The normalized spacial score (nSPS) is 24.8. The quantitative estimate of drug-likeness (QED) is 0.858. The zero-order chi connectivity index (χ0) is 14.0. The summed E-state index contributed by atoms with van der Waals surface area (Å²) < 4.78 is 26.4. The van der Waals surface area contributed by atoms with E-state index in [1.165, 1.54) is 10.5 Å². The maximum absolute atomic E-state index is 12.5. The number of aromatic amines is 1. The van der Waals surface area contributed by atoms with Crippen LogP contribution < -0.4 is 5.73 Å². The summed E-state index contributed by atoms with van der Waals surface area (Å²) >= 11 is 0. The first-order valence-corrected chi connectivity index (χ1v) is 8.16. The summed E-state index contributed by atoms with van der Waals surface area (Å²) in [5.74, 6) is 0.692. The molecule has 0 aliphatic heterocycles. The predicted molar refractivity (Wildman–Crippen MR) is 73.1 cm³/mol. The van der Waals surface area contributed by atoms with Gasteiger partial charge in [0.05, 0.1) is 6.20 Å². The fourth-order valence-electron chi connectivity index (χ4n) is 2.47. The lowest BCUT2D eigenvalue weighted by Gasteiger charge is -2.32. The minimum Gasteiger partial charge on any atom is -0.332 e. The Hall–Kier alpha value is -0.920. The molecule has 0 unspecified atom stereocenters. The molecule has 1 aromatic heterocycles. The Kier molecular flexibility index (Phi) is 4.27. The van der Waals surface area contributed by atoms with Crippen molar-refractivity contribution in [3.8, 4) is 0 Å². The fourth-order valence-corrected chi connectivity index (χ4v) is 3.82. The second-order valence-electron chi connectivity index (χ2n) is 5.14. The van der Waals surface area contributed by atoms with Gasteiger partial charge in [0.2, 0.25) is 0 Å². The lowest BCUT2D eigenvalue weighted by Crippen LogP contribution is -2.41. The van der Waals surface area contributed by atoms with Crippen LogP contribution in [0.2, 0.25) is 0 Å². The number of imidazole rings is 1. The van der Waals surface area contributed by atoms with Crippen LogP contribution in [0.1, 0.15) is 38.4 Å². The first-order valence-electron chi connectivity index (χ1n) is 6.72. The Bertz CT molecular complexity index is 518. The summed E-state index contributed by atoms with van der Waals surface area (Å²) in [6, 6.07) is 0.254. The van der Waals surface area contributed by atoms with Crippen LogP contribution in [0.5, 0.6) is 0 Å². The number of aryl methyl sites for hydroxylation is 1. The molecule has 0 bridgehead atoms. The van der Waals surface area contributed by atoms with Crippen molar-refractivity contribution in [2.75, 3.05) is 7.05 Å². The molecule has 1 saturated carbocycles. The molecule has 0 radical (unpaired) electrons. The van der Waals surface area contributed by atoms with Crippen molar-refractivity contribution in [3.05, 3.63) is 12.0 Å². The maximum Gasteiger partial charge on any atom is 0.260 e. The molecule has 1 aliphatic rings. The number of sulfonamides is 1. The lowest BCUT2D eigenvalue weighted by molar-refractivity contribution is 0.268. The standard InChI is InChI=1S/C12H22N4O2S/c1-3-11-14-8-12(15-11)19(17,18)16(2)10-6-4-9(13)5-7-10/h8-10H,3-7,13H2,1-2H3,(H,14,15). The summed E-state index contributed by atoms with van der Waals surface area (Å²) in [4.78, 5) is 6.93. The molecule has 0 amide bonds. The van der Waals surface area contributed by atoms with Gasteiger partial charge in [-0.2, -0.15) is 4.31 Å². The third kappa shape index (κ3) is 2.98. The Labute approximate surface area is 114 Å². The number of nitrogens with two attached hydrogens (primary N) is 1. The average Bonchev–Trinajstić information content (AvgIpc) is 2.88. The number of rotatable bonds is 4. The molecule has 0 aromatic carbocycles. The van der Waals surface area contributed by atoms with E-state index in [0.29, 0.717) is 12.2 Å². The molecular formula is C12H22N4O2S. The molecule has 108 valence electrons. The van der Waals surface area contributed by atoms with Gasteiger partial charge < -0.3 is 10.7 Å². The van der Waals surface area contributed by atoms with Crippen LogP contribution in [0.4, 0.5) is 0 Å². The van der Waals surface area contributed by atoms with Gasteiger partial charge in [0, 0.05) is 25.6 Å². The van der Waals surface area contributed by atoms with Gasteiger partial charge in [-0.15, -0.1) is 0 Å². The van der Waals surface area contributed by atoms with Gasteiger partial charge in [-0.1, -0.05) is 6.92 Å². The molecule has 0 atom stereocenters. The van der Waals surface area contributed by atoms with Gasteiger partial charge in [0.15, 0.2) is 5.03 Å². The third-order valence-electron chi connectivity index (χ3n) is 3.85. The van der Waals surface area contributed by atoms with Crippen LogP contribution in [0.15, 0.2) is 11.2 Å². The van der Waals surface area contributed by atoms with E-state index in [2.05, 4.69) is 9.97 Å². The van der Waals surface area contributed by atoms with Gasteiger partial charge in [0.25, 0.3) is 10.0 Å². The van der Waals surface area contributed by atoms with Gasteiger partial charge in [-0.3, -0.25) is 0 Å². The molecule has 2 rings (SSSR count). The third-order valence-corrected chi connectivity index (χ3v) is 5.67. The number of aromatic nitrogens is 2. The van der Waals surface area contributed by atoms with Crippen LogP contribution in [-0.2, 0) is 16.4 Å². The van der Waals surface area contributed by atoms with Crippen molar-refractivity contribution in [1.29, 1.82) is 0 Å². The van der Waals surface area contributed by atoms with E-state index >= 15 is 0 Å². The molecular weight excluding hydrogens is 264 g/mol. The molecule has 1 fully saturated rings. The van der Waals surface area contributed by atoms with Crippen molar-refractivity contribution in [2.45, 2.75) is 56.1 Å². The second-order valence-corrected chi connectivity index (χ2v) is 7.10. The molecule has 3 N–H and O–H groups in total. The van der Waals surface area contributed by atoms with Gasteiger partial charge in [-0.05, 0) is 25.7 Å². The van der Waals surface area contributed by atoms with Crippen LogP contribution in [0, 0.1) is 0 Å². The van der Waals surface area contributed by atoms with E-state index in [1.807, 2.05) is 6.92 Å². The second kappa shape index (κ2) is 5.60. The molecule has 1 aromatic rings. The zero-order valence-electron chi connectivity index (χ0n) is 11.5. The van der Waals surface area contributed by atoms with Crippen molar-refractivity contribution in [1.82, 2.24) is 14.3 Å². The molecule has 6 nitrogen and oxygen atoms in total. The Morgan fingerprint density at radius 3 is 2.58 bits per heavy atom. The highest BCUT2D eigenvalue weighted by atomic mass is 32.2. The number of hydrogen-bond acceptors (Lipinski definition) is 4. The number of hydrogen-bond donors (Lipinski definition) is 2. The highest BCUT2D eigenvalue weighted by molar-refractivity contribution is 7.89. The van der Waals surface area contributed by atoms with E-state index in [9.17, 15) is 8.42 Å². The number of H-pyrrole nitrogens is 1. The highest BCUT2D eigenvalue weighted by Crippen LogP contribution is 2.25. The van der Waals surface area contributed by atoms with E-state index < -0.39 is 10.0 Å². The number of nitrogens with one attached hydrogen (secondary N) is 1. The van der Waals surface area contributed by atoms with E-state index in [1.54, 1.807) is 7.05 Å². The van der Waals surface area contributed by atoms with Gasteiger partial charge in [-0.25, -0.2) is 13.4 Å². The lowest BCUT2D eigenvalue weighted by atomic mass is 9.92. The molecule has 1 aliphatic carbocycles. The van der Waals surface area contributed by atoms with Crippen LogP contribution in [-0.4, -0.2) is 41.8 Å². The summed E-state index contributed by atoms with van der Waals surface area (Å²) in [6.45, 7) is 1.93. The smallest absolute Gasteiger partial charge is 0.260 e. The largest absolute Gasteiger partial charge is 0.332 e. The van der Waals surface area contributed by atoms with Gasteiger partial charge in [0.1, 0.15) is 5.82 Å². The van der Waals surface area contributed by atoms with Crippen LogP contribution in [0.3, 0.4) is 0 Å². The number of nitrogens with zero attached hydrogens (tertiary/aromatic N) is 2. The molecule has 7 heteroatoms. The van der Waals surface area contributed by atoms with Crippen molar-refractivity contribution in [3.63, 3.8) is 0 Å². The van der Waals surface area contributed by atoms with Crippen molar-refractivity contribution < 1.29 is 8.42 Å². The first-order chi connectivity index (χ1) is 8.95. The van der Waals surface area contributed by atoms with E-state index in [0.717, 1.165) is 25.7 Å². The molecule has 0 saturated heterocycles. The summed E-state index contributed by atoms with van der Waals surface area (Å²) in [7, 11) is -1.83. The summed E-state index contributed by atoms with van der Waals surface area (Å²) in [5, 5.41) is 0.182. The zero-order valence-corrected chi connectivity index (χ0v) is 12.3. The Balaban J connectivity index is 2.14. The fraction of sp³-hybridized carbons (Fsp3) is 0.750. The monoisotopic (exact) mass is 286 g/mol. The van der Waals surface area contributed by atoms with Crippen molar-refractivity contribution in [2.24, 2.45) is 5.73 Å².